The molecule has 1 heterocycles. The van der Waals surface area contributed by atoms with Crippen LogP contribution in [-0.2, 0) is 9.53 Å². The smallest absolute Gasteiger partial charge is 0.340 e. The lowest BCUT2D eigenvalue weighted by Gasteiger charge is -2.08. The fourth-order valence-electron chi connectivity index (χ4n) is 2.50. The van der Waals surface area contributed by atoms with Crippen LogP contribution in [0.15, 0.2) is 35.7 Å². The summed E-state index contributed by atoms with van der Waals surface area (Å²) in [5, 5.41) is 4.16. The third-order valence-electron chi connectivity index (χ3n) is 3.99. The van der Waals surface area contributed by atoms with Gasteiger partial charge in [0.05, 0.1) is 30.5 Å². The van der Waals surface area contributed by atoms with Crippen molar-refractivity contribution in [2.45, 2.75) is 0 Å². The van der Waals surface area contributed by atoms with Crippen LogP contribution in [-0.4, -0.2) is 37.7 Å². The fraction of sp³-hybridized carbons (Fsp3) is 0.150. The van der Waals surface area contributed by atoms with Crippen LogP contribution in [0.25, 0.3) is 11.3 Å². The molecule has 3 aromatic rings. The van der Waals surface area contributed by atoms with Crippen LogP contribution in [0.4, 0.5) is 13.9 Å². The highest BCUT2D eigenvalue weighted by atomic mass is 35.5. The first-order valence-corrected chi connectivity index (χ1v) is 9.87. The Balaban J connectivity index is 1.61. The molecule has 162 valence electrons. The number of carbonyl (C=O) groups excluding carboxylic acids is 2. The molecule has 1 N–H and O–H groups in total. The summed E-state index contributed by atoms with van der Waals surface area (Å²) in [5.41, 5.74) is 0.943. The number of anilines is 1. The Hall–Kier alpha value is -3.24. The second-order valence-electron chi connectivity index (χ2n) is 5.98. The van der Waals surface area contributed by atoms with E-state index in [1.807, 2.05) is 0 Å². The fourth-order valence-corrected chi connectivity index (χ4v) is 3.47. The SMILES string of the molecule is COc1ccc(-c2csc(NC(=O)COC(=O)c3cc(F)c(F)cc3Cl)n2)cc1OC. The number of thiazole rings is 1. The second-order valence-corrected chi connectivity index (χ2v) is 7.24. The number of benzene rings is 2. The molecule has 31 heavy (non-hydrogen) atoms. The van der Waals surface area contributed by atoms with Crippen LogP contribution in [0.1, 0.15) is 10.4 Å². The zero-order valence-corrected chi connectivity index (χ0v) is 17.8. The molecule has 0 aliphatic heterocycles. The predicted molar refractivity (Wildman–Crippen MR) is 111 cm³/mol. The standard InChI is InChI=1S/C20H15ClF2N2O5S/c1-28-16-4-3-10(5-17(16)29-2)15-9-31-20(24-15)25-18(26)8-30-19(27)11-6-13(22)14(23)7-12(11)21/h3-7,9H,8H2,1-2H3,(H,24,25,26). The van der Waals surface area contributed by atoms with Crippen molar-refractivity contribution < 1.29 is 32.6 Å². The largest absolute Gasteiger partial charge is 0.493 e. The Kier molecular flexibility index (Phi) is 7.03. The van der Waals surface area contributed by atoms with Crippen LogP contribution < -0.4 is 14.8 Å². The van der Waals surface area contributed by atoms with Crippen molar-refractivity contribution in [2.24, 2.45) is 0 Å². The summed E-state index contributed by atoms with van der Waals surface area (Å²) in [5.74, 6) is -3.09. The van der Waals surface area contributed by atoms with Crippen molar-refractivity contribution in [2.75, 3.05) is 26.1 Å². The average molecular weight is 469 g/mol. The van der Waals surface area contributed by atoms with Crippen LogP contribution in [0.2, 0.25) is 5.02 Å². The number of nitrogens with zero attached hydrogens (tertiary/aromatic N) is 1. The Morgan fingerprint density at radius 3 is 2.52 bits per heavy atom. The summed E-state index contributed by atoms with van der Waals surface area (Å²) in [6.07, 6.45) is 0. The van der Waals surface area contributed by atoms with Crippen molar-refractivity contribution >= 4 is 39.9 Å². The van der Waals surface area contributed by atoms with Crippen LogP contribution in [0, 0.1) is 11.6 Å². The Morgan fingerprint density at radius 2 is 1.81 bits per heavy atom. The zero-order chi connectivity index (χ0) is 22.5. The predicted octanol–water partition coefficient (Wildman–Crippen LogP) is 4.55. The molecular formula is C20H15ClF2N2O5S. The lowest BCUT2D eigenvalue weighted by Crippen LogP contribution is -2.21. The van der Waals surface area contributed by atoms with Gasteiger partial charge in [0, 0.05) is 10.9 Å². The first-order valence-electron chi connectivity index (χ1n) is 8.61. The number of rotatable bonds is 7. The number of hydrogen-bond donors (Lipinski definition) is 1. The van der Waals surface area contributed by atoms with Gasteiger partial charge in [-0.1, -0.05) is 11.6 Å². The molecule has 11 heteroatoms. The van der Waals surface area contributed by atoms with Crippen molar-refractivity contribution in [3.8, 4) is 22.8 Å². The maximum atomic E-state index is 13.3. The Bertz CT molecular complexity index is 1140. The van der Waals surface area contributed by atoms with Crippen molar-refractivity contribution in [1.82, 2.24) is 4.98 Å². The van der Waals surface area contributed by atoms with Gasteiger partial charge >= 0.3 is 5.97 Å². The summed E-state index contributed by atoms with van der Waals surface area (Å²) in [7, 11) is 3.05. The second kappa shape index (κ2) is 9.71. The van der Waals surface area contributed by atoms with Gasteiger partial charge in [-0.2, -0.15) is 0 Å². The van der Waals surface area contributed by atoms with E-state index >= 15 is 0 Å². The minimum atomic E-state index is -1.26. The number of halogens is 3. The van der Waals surface area contributed by atoms with Gasteiger partial charge in [-0.3, -0.25) is 10.1 Å². The van der Waals surface area contributed by atoms with Crippen molar-refractivity contribution in [1.29, 1.82) is 0 Å². The molecule has 2 aromatic carbocycles. The third kappa shape index (κ3) is 5.28. The van der Waals surface area contributed by atoms with Crippen molar-refractivity contribution in [3.05, 3.63) is 57.9 Å². The molecule has 0 aliphatic carbocycles. The number of nitrogens with one attached hydrogen (secondary N) is 1. The summed E-state index contributed by atoms with van der Waals surface area (Å²) < 4.78 is 41.6. The molecule has 0 radical (unpaired) electrons. The lowest BCUT2D eigenvalue weighted by molar-refractivity contribution is -0.119. The molecule has 0 atom stereocenters. The Labute approximate surface area is 184 Å². The van der Waals surface area contributed by atoms with Gasteiger partial charge in [0.15, 0.2) is 34.9 Å². The third-order valence-corrected chi connectivity index (χ3v) is 5.06. The van der Waals surface area contributed by atoms with Gasteiger partial charge in [-0.15, -0.1) is 11.3 Å². The molecule has 0 saturated heterocycles. The highest BCUT2D eigenvalue weighted by Gasteiger charge is 2.18. The molecule has 0 aliphatic rings. The molecule has 0 fully saturated rings. The van der Waals surface area contributed by atoms with E-state index in [1.54, 1.807) is 23.6 Å². The molecule has 7 nitrogen and oxygen atoms in total. The van der Waals surface area contributed by atoms with Gasteiger partial charge < -0.3 is 14.2 Å². The summed E-state index contributed by atoms with van der Waals surface area (Å²) >= 11 is 6.87. The molecule has 1 aromatic heterocycles. The molecular weight excluding hydrogens is 454 g/mol. The van der Waals surface area contributed by atoms with E-state index in [0.29, 0.717) is 29.3 Å². The van der Waals surface area contributed by atoms with Gasteiger partial charge in [0.2, 0.25) is 0 Å². The maximum absolute atomic E-state index is 13.3. The van der Waals surface area contributed by atoms with E-state index in [9.17, 15) is 18.4 Å². The lowest BCUT2D eigenvalue weighted by atomic mass is 10.1. The highest BCUT2D eigenvalue weighted by Crippen LogP contribution is 2.33. The quantitative estimate of drug-likeness (QED) is 0.404. The zero-order valence-electron chi connectivity index (χ0n) is 16.2. The van der Waals surface area contributed by atoms with Gasteiger partial charge in [0.1, 0.15) is 0 Å². The Morgan fingerprint density at radius 1 is 1.10 bits per heavy atom. The van der Waals surface area contributed by atoms with E-state index in [4.69, 9.17) is 25.8 Å². The monoisotopic (exact) mass is 468 g/mol. The molecule has 0 unspecified atom stereocenters. The number of aromatic nitrogens is 1. The summed E-state index contributed by atoms with van der Waals surface area (Å²) in [6, 6.07) is 6.52. The van der Waals surface area contributed by atoms with Gasteiger partial charge in [0.25, 0.3) is 5.91 Å². The summed E-state index contributed by atoms with van der Waals surface area (Å²) in [4.78, 5) is 28.3. The molecule has 3 rings (SSSR count). The van der Waals surface area contributed by atoms with Crippen LogP contribution >= 0.6 is 22.9 Å². The topological polar surface area (TPSA) is 86.8 Å². The average Bonchev–Trinajstić information content (AvgIpc) is 3.22. The van der Waals surface area contributed by atoms with Crippen LogP contribution in [0.5, 0.6) is 11.5 Å². The van der Waals surface area contributed by atoms with E-state index in [1.165, 1.54) is 14.2 Å². The van der Waals surface area contributed by atoms with E-state index in [2.05, 4.69) is 10.3 Å². The number of methoxy groups -OCH3 is 2. The normalized spacial score (nSPS) is 10.5. The minimum absolute atomic E-state index is 0.275. The molecule has 0 bridgehead atoms. The van der Waals surface area contributed by atoms with Gasteiger partial charge in [-0.05, 0) is 30.3 Å². The number of carbonyl (C=O) groups is 2. The van der Waals surface area contributed by atoms with Crippen LogP contribution in [0.3, 0.4) is 0 Å². The van der Waals surface area contributed by atoms with E-state index in [-0.39, 0.29) is 10.2 Å². The highest BCUT2D eigenvalue weighted by molar-refractivity contribution is 7.14. The minimum Gasteiger partial charge on any atom is -0.493 e. The van der Waals surface area contributed by atoms with E-state index < -0.39 is 35.7 Å². The van der Waals surface area contributed by atoms with E-state index in [0.717, 1.165) is 16.9 Å². The molecule has 0 spiro atoms. The molecule has 1 amide bonds. The summed E-state index contributed by atoms with van der Waals surface area (Å²) in [6.45, 7) is -0.667. The molecule has 0 saturated carbocycles. The number of amides is 1. The van der Waals surface area contributed by atoms with Crippen molar-refractivity contribution in [3.63, 3.8) is 0 Å². The van der Waals surface area contributed by atoms with Gasteiger partial charge in [-0.25, -0.2) is 18.6 Å². The maximum Gasteiger partial charge on any atom is 0.340 e. The number of esters is 1. The first kappa shape index (κ1) is 22.4. The number of ether oxygens (including phenoxy) is 3. The first-order chi connectivity index (χ1) is 14.8. The number of hydrogen-bond acceptors (Lipinski definition) is 7.